The molecule has 1 N–H and O–H groups in total. The third-order valence-corrected chi connectivity index (χ3v) is 5.94. The summed E-state index contributed by atoms with van der Waals surface area (Å²) in [6, 6.07) is 22.0. The van der Waals surface area contributed by atoms with Crippen molar-refractivity contribution in [2.24, 2.45) is 0 Å². The number of carbonyl (C=O) groups is 1. The topological polar surface area (TPSA) is 68.0 Å². The highest BCUT2D eigenvalue weighted by atomic mass is 32.1. The van der Waals surface area contributed by atoms with Crippen LogP contribution in [-0.2, 0) is 6.42 Å². The minimum Gasteiger partial charge on any atom is -0.349 e. The maximum atomic E-state index is 12.6. The summed E-state index contributed by atoms with van der Waals surface area (Å²) in [5.74, 6) is 0.889. The molecule has 0 spiro atoms. The van der Waals surface area contributed by atoms with Gasteiger partial charge < -0.3 is 9.84 Å². The van der Waals surface area contributed by atoms with Crippen LogP contribution in [0.5, 0.6) is 0 Å². The lowest BCUT2D eigenvalue weighted by atomic mass is 10.1. The van der Waals surface area contributed by atoms with E-state index in [9.17, 15) is 4.79 Å². The van der Waals surface area contributed by atoms with Crippen LogP contribution in [0, 0.1) is 6.92 Å². The smallest absolute Gasteiger partial charge is 0.261 e. The molecule has 152 valence electrons. The van der Waals surface area contributed by atoms with Crippen LogP contribution in [0.25, 0.3) is 22.2 Å². The van der Waals surface area contributed by atoms with Crippen molar-refractivity contribution in [1.82, 2.24) is 15.5 Å². The van der Waals surface area contributed by atoms with Gasteiger partial charge in [0.15, 0.2) is 0 Å². The first-order valence-electron chi connectivity index (χ1n) is 9.94. The van der Waals surface area contributed by atoms with Crippen molar-refractivity contribution >= 4 is 17.2 Å². The zero-order valence-electron chi connectivity index (χ0n) is 17.0. The van der Waals surface area contributed by atoms with E-state index in [0.717, 1.165) is 23.3 Å². The maximum absolute atomic E-state index is 12.6. The van der Waals surface area contributed by atoms with Crippen LogP contribution in [0.1, 0.15) is 34.1 Å². The number of nitrogens with zero attached hydrogens (tertiary/aromatic N) is 2. The standard InChI is InChI=1S/C24H23N3O2S/c1-16-8-12-19(13-9-16)24-26-22(27-29-24)20-14-15-21(30-20)23(28)25-17(2)10-11-18-6-4-3-5-7-18/h3-9,12-15,17H,10-11H2,1-2H3,(H,25,28). The fourth-order valence-corrected chi connectivity index (χ4v) is 3.95. The summed E-state index contributed by atoms with van der Waals surface area (Å²) in [5.41, 5.74) is 3.32. The summed E-state index contributed by atoms with van der Waals surface area (Å²) >= 11 is 1.36. The first-order chi connectivity index (χ1) is 14.6. The number of hydrogen-bond acceptors (Lipinski definition) is 5. The van der Waals surface area contributed by atoms with E-state index in [1.165, 1.54) is 22.5 Å². The van der Waals surface area contributed by atoms with Crippen molar-refractivity contribution in [3.8, 4) is 22.2 Å². The molecular weight excluding hydrogens is 394 g/mol. The third kappa shape index (κ3) is 4.83. The lowest BCUT2D eigenvalue weighted by molar-refractivity contribution is 0.0942. The molecule has 0 radical (unpaired) electrons. The van der Waals surface area contributed by atoms with Gasteiger partial charge in [0, 0.05) is 11.6 Å². The monoisotopic (exact) mass is 417 g/mol. The van der Waals surface area contributed by atoms with E-state index in [2.05, 4.69) is 27.6 Å². The van der Waals surface area contributed by atoms with Gasteiger partial charge in [-0.25, -0.2) is 0 Å². The van der Waals surface area contributed by atoms with Crippen LogP contribution >= 0.6 is 11.3 Å². The molecule has 0 saturated heterocycles. The normalized spacial score (nSPS) is 11.9. The second-order valence-electron chi connectivity index (χ2n) is 7.35. The molecule has 30 heavy (non-hydrogen) atoms. The molecule has 0 aliphatic rings. The van der Waals surface area contributed by atoms with Crippen molar-refractivity contribution < 1.29 is 9.32 Å². The van der Waals surface area contributed by atoms with E-state index in [-0.39, 0.29) is 11.9 Å². The van der Waals surface area contributed by atoms with Crippen molar-refractivity contribution in [1.29, 1.82) is 0 Å². The molecule has 2 aromatic carbocycles. The number of amides is 1. The number of aromatic nitrogens is 2. The Morgan fingerprint density at radius 1 is 1.07 bits per heavy atom. The van der Waals surface area contributed by atoms with Gasteiger partial charge in [-0.3, -0.25) is 4.79 Å². The molecule has 1 amide bonds. The van der Waals surface area contributed by atoms with Crippen LogP contribution in [0.15, 0.2) is 71.3 Å². The molecule has 5 nitrogen and oxygen atoms in total. The van der Waals surface area contributed by atoms with Crippen LogP contribution in [0.4, 0.5) is 0 Å². The van der Waals surface area contributed by atoms with Crippen LogP contribution in [0.2, 0.25) is 0 Å². The minimum absolute atomic E-state index is 0.0749. The van der Waals surface area contributed by atoms with Gasteiger partial charge in [0.1, 0.15) is 0 Å². The lowest BCUT2D eigenvalue weighted by Crippen LogP contribution is -2.32. The van der Waals surface area contributed by atoms with Gasteiger partial charge in [0.2, 0.25) is 5.82 Å². The Kier molecular flexibility index (Phi) is 6.05. The molecule has 2 aromatic heterocycles. The van der Waals surface area contributed by atoms with Crippen molar-refractivity contribution in [2.75, 3.05) is 0 Å². The minimum atomic E-state index is -0.0749. The number of hydrogen-bond donors (Lipinski definition) is 1. The van der Waals surface area contributed by atoms with Gasteiger partial charge in [-0.05, 0) is 56.5 Å². The predicted molar refractivity (Wildman–Crippen MR) is 119 cm³/mol. The Morgan fingerprint density at radius 3 is 2.60 bits per heavy atom. The molecule has 0 saturated carbocycles. The highest BCUT2D eigenvalue weighted by Crippen LogP contribution is 2.28. The molecule has 4 rings (SSSR count). The highest BCUT2D eigenvalue weighted by Gasteiger charge is 2.16. The fourth-order valence-electron chi connectivity index (χ4n) is 3.11. The van der Waals surface area contributed by atoms with E-state index in [1.807, 2.05) is 62.4 Å². The van der Waals surface area contributed by atoms with Crippen molar-refractivity contribution in [2.45, 2.75) is 32.7 Å². The van der Waals surface area contributed by atoms with Crippen LogP contribution in [0.3, 0.4) is 0 Å². The van der Waals surface area contributed by atoms with E-state index >= 15 is 0 Å². The SMILES string of the molecule is Cc1ccc(-c2nc(-c3ccc(C(=O)NC(C)CCc4ccccc4)s3)no2)cc1. The number of benzene rings is 2. The lowest BCUT2D eigenvalue weighted by Gasteiger charge is -2.13. The molecule has 2 heterocycles. The molecule has 1 atom stereocenters. The van der Waals surface area contributed by atoms with Crippen molar-refractivity contribution in [3.05, 3.63) is 82.7 Å². The van der Waals surface area contributed by atoms with Crippen LogP contribution in [-0.4, -0.2) is 22.1 Å². The zero-order valence-corrected chi connectivity index (χ0v) is 17.8. The second-order valence-corrected chi connectivity index (χ2v) is 8.44. The fraction of sp³-hybridized carbons (Fsp3) is 0.208. The van der Waals surface area contributed by atoms with Gasteiger partial charge in [-0.15, -0.1) is 11.3 Å². The number of carbonyl (C=O) groups excluding carboxylic acids is 1. The summed E-state index contributed by atoms with van der Waals surface area (Å²) in [6.45, 7) is 4.06. The average Bonchev–Trinajstić information content (AvgIpc) is 3.43. The molecular formula is C24H23N3O2S. The Balaban J connectivity index is 1.37. The predicted octanol–water partition coefficient (Wildman–Crippen LogP) is 5.52. The molecule has 4 aromatic rings. The molecule has 1 unspecified atom stereocenters. The first kappa shape index (κ1) is 20.0. The van der Waals surface area contributed by atoms with E-state index in [1.54, 1.807) is 6.07 Å². The maximum Gasteiger partial charge on any atom is 0.261 e. The highest BCUT2D eigenvalue weighted by molar-refractivity contribution is 7.17. The first-order valence-corrected chi connectivity index (χ1v) is 10.8. The van der Waals surface area contributed by atoms with Gasteiger partial charge >= 0.3 is 0 Å². The van der Waals surface area contributed by atoms with E-state index < -0.39 is 0 Å². The molecule has 0 aliphatic heterocycles. The van der Waals surface area contributed by atoms with Gasteiger partial charge in [-0.2, -0.15) is 4.98 Å². The quantitative estimate of drug-likeness (QED) is 0.430. The Hall–Kier alpha value is -3.25. The molecule has 0 aliphatic carbocycles. The molecule has 0 fully saturated rings. The number of rotatable bonds is 7. The van der Waals surface area contributed by atoms with E-state index in [4.69, 9.17) is 4.52 Å². The zero-order chi connectivity index (χ0) is 20.9. The van der Waals surface area contributed by atoms with Gasteiger partial charge in [0.05, 0.1) is 9.75 Å². The Labute approximate surface area is 179 Å². The van der Waals surface area contributed by atoms with Gasteiger partial charge in [0.25, 0.3) is 11.8 Å². The van der Waals surface area contributed by atoms with E-state index in [0.29, 0.717) is 16.6 Å². The largest absolute Gasteiger partial charge is 0.349 e. The molecule has 6 heteroatoms. The molecule has 0 bridgehead atoms. The number of nitrogens with one attached hydrogen (secondary N) is 1. The van der Waals surface area contributed by atoms with Gasteiger partial charge in [-0.1, -0.05) is 53.2 Å². The summed E-state index contributed by atoms with van der Waals surface area (Å²) in [6.07, 6.45) is 1.82. The van der Waals surface area contributed by atoms with Crippen LogP contribution < -0.4 is 5.32 Å². The third-order valence-electron chi connectivity index (χ3n) is 4.86. The summed E-state index contributed by atoms with van der Waals surface area (Å²) in [7, 11) is 0. The second kappa shape index (κ2) is 9.05. The summed E-state index contributed by atoms with van der Waals surface area (Å²) in [5, 5.41) is 7.15. The number of thiophene rings is 1. The summed E-state index contributed by atoms with van der Waals surface area (Å²) in [4.78, 5) is 18.5. The Morgan fingerprint density at radius 2 is 1.83 bits per heavy atom. The number of aryl methyl sites for hydroxylation is 2. The average molecular weight is 418 g/mol. The summed E-state index contributed by atoms with van der Waals surface area (Å²) < 4.78 is 5.40. The Bertz CT molecular complexity index is 1120. The van der Waals surface area contributed by atoms with Crippen molar-refractivity contribution in [3.63, 3.8) is 0 Å².